The van der Waals surface area contributed by atoms with E-state index < -0.39 is 6.17 Å². The maximum Gasteiger partial charge on any atom is 0.128 e. The van der Waals surface area contributed by atoms with Gasteiger partial charge in [0.25, 0.3) is 0 Å². The Morgan fingerprint density at radius 1 is 1.78 bits per heavy atom. The van der Waals surface area contributed by atoms with E-state index in [1.165, 1.54) is 0 Å². The number of halogens is 1. The van der Waals surface area contributed by atoms with Crippen molar-refractivity contribution in [2.45, 2.75) is 19.2 Å². The third-order valence-electron chi connectivity index (χ3n) is 1.81. The minimum absolute atomic E-state index is 0.0679. The van der Waals surface area contributed by atoms with Crippen LogP contribution in [0.3, 0.4) is 0 Å². The fraction of sp³-hybridized carbons (Fsp3) is 1.00. The average Bonchev–Trinajstić information content (AvgIpc) is 2.15. The van der Waals surface area contributed by atoms with Crippen molar-refractivity contribution >= 4 is 0 Å². The number of ether oxygens (including phenoxy) is 1. The van der Waals surface area contributed by atoms with Crippen LogP contribution in [0.4, 0.5) is 4.39 Å². The minimum Gasteiger partial charge on any atom is -0.394 e. The lowest BCUT2D eigenvalue weighted by atomic mass is 10.0. The highest BCUT2D eigenvalue weighted by Gasteiger charge is 2.32. The second-order valence-corrected chi connectivity index (χ2v) is 2.43. The van der Waals surface area contributed by atoms with E-state index in [1.807, 2.05) is 0 Å². The third kappa shape index (κ3) is 1.22. The monoisotopic (exact) mass is 134 g/mol. The van der Waals surface area contributed by atoms with Crippen molar-refractivity contribution in [2.24, 2.45) is 5.92 Å². The van der Waals surface area contributed by atoms with E-state index in [4.69, 9.17) is 9.84 Å². The van der Waals surface area contributed by atoms with Crippen LogP contribution in [0.15, 0.2) is 0 Å². The van der Waals surface area contributed by atoms with Crippen LogP contribution >= 0.6 is 0 Å². The average molecular weight is 134 g/mol. The predicted octanol–water partition coefficient (Wildman–Crippen LogP) is 0.352. The van der Waals surface area contributed by atoms with Crippen molar-refractivity contribution in [1.29, 1.82) is 0 Å². The minimum atomic E-state index is -0.887. The second-order valence-electron chi connectivity index (χ2n) is 2.43. The van der Waals surface area contributed by atoms with Gasteiger partial charge < -0.3 is 9.84 Å². The molecule has 0 spiro atoms. The van der Waals surface area contributed by atoms with Gasteiger partial charge in [0.15, 0.2) is 0 Å². The van der Waals surface area contributed by atoms with Crippen molar-refractivity contribution in [1.82, 2.24) is 0 Å². The van der Waals surface area contributed by atoms with Crippen molar-refractivity contribution < 1.29 is 14.2 Å². The molecule has 0 aromatic heterocycles. The molecule has 1 fully saturated rings. The van der Waals surface area contributed by atoms with Crippen molar-refractivity contribution in [3.8, 4) is 0 Å². The molecule has 0 saturated carbocycles. The number of alkyl halides is 1. The van der Waals surface area contributed by atoms with Gasteiger partial charge in [-0.2, -0.15) is 0 Å². The molecule has 0 radical (unpaired) electrons. The summed E-state index contributed by atoms with van der Waals surface area (Å²) in [5.41, 5.74) is 0. The van der Waals surface area contributed by atoms with Gasteiger partial charge in [0.05, 0.1) is 19.3 Å². The van der Waals surface area contributed by atoms with E-state index in [0.717, 1.165) is 0 Å². The molecule has 1 heterocycles. The Labute approximate surface area is 53.6 Å². The lowest BCUT2D eigenvalue weighted by Crippen LogP contribution is -2.21. The second kappa shape index (κ2) is 2.62. The van der Waals surface area contributed by atoms with Gasteiger partial charge in [-0.25, -0.2) is 4.39 Å². The zero-order valence-corrected chi connectivity index (χ0v) is 5.38. The number of aliphatic hydroxyl groups is 1. The van der Waals surface area contributed by atoms with Gasteiger partial charge in [-0.1, -0.05) is 6.92 Å². The van der Waals surface area contributed by atoms with E-state index in [-0.39, 0.29) is 25.2 Å². The van der Waals surface area contributed by atoms with Crippen LogP contribution < -0.4 is 0 Å². The molecule has 3 heteroatoms. The molecular weight excluding hydrogens is 123 g/mol. The largest absolute Gasteiger partial charge is 0.394 e. The highest BCUT2D eigenvalue weighted by Crippen LogP contribution is 2.22. The van der Waals surface area contributed by atoms with Gasteiger partial charge >= 0.3 is 0 Å². The first-order valence-electron chi connectivity index (χ1n) is 3.12. The number of rotatable bonds is 1. The zero-order chi connectivity index (χ0) is 6.85. The molecule has 0 aromatic rings. The molecule has 0 amide bonds. The first-order chi connectivity index (χ1) is 4.25. The van der Waals surface area contributed by atoms with Crippen LogP contribution in [0.5, 0.6) is 0 Å². The Kier molecular flexibility index (Phi) is 2.03. The third-order valence-corrected chi connectivity index (χ3v) is 1.81. The van der Waals surface area contributed by atoms with Crippen LogP contribution in [0.1, 0.15) is 6.92 Å². The Balaban J connectivity index is 2.41. The van der Waals surface area contributed by atoms with Crippen LogP contribution in [0.2, 0.25) is 0 Å². The molecule has 1 aliphatic heterocycles. The fourth-order valence-corrected chi connectivity index (χ4v) is 0.971. The maximum atomic E-state index is 12.5. The molecule has 3 atom stereocenters. The van der Waals surface area contributed by atoms with E-state index in [2.05, 4.69) is 0 Å². The molecule has 1 saturated heterocycles. The van der Waals surface area contributed by atoms with Gasteiger partial charge in [-0.15, -0.1) is 0 Å². The number of aliphatic hydroxyl groups excluding tert-OH is 1. The lowest BCUT2D eigenvalue weighted by molar-refractivity contribution is 0.0428. The van der Waals surface area contributed by atoms with Crippen LogP contribution in [0, 0.1) is 5.92 Å². The SMILES string of the molecule is CC1C(F)COC1CO. The Bertz CT molecular complexity index is 97.1. The van der Waals surface area contributed by atoms with Crippen molar-refractivity contribution in [2.75, 3.05) is 13.2 Å². The summed E-state index contributed by atoms with van der Waals surface area (Å²) < 4.78 is 17.4. The maximum absolute atomic E-state index is 12.5. The van der Waals surface area contributed by atoms with Gasteiger partial charge in [-0.05, 0) is 0 Å². The van der Waals surface area contributed by atoms with Crippen LogP contribution in [0.25, 0.3) is 0 Å². The molecule has 0 aromatic carbocycles. The van der Waals surface area contributed by atoms with Crippen molar-refractivity contribution in [3.63, 3.8) is 0 Å². The number of hydrogen-bond acceptors (Lipinski definition) is 2. The van der Waals surface area contributed by atoms with E-state index >= 15 is 0 Å². The van der Waals surface area contributed by atoms with Gasteiger partial charge in [0, 0.05) is 5.92 Å². The molecule has 1 aliphatic rings. The molecule has 9 heavy (non-hydrogen) atoms. The van der Waals surface area contributed by atoms with Gasteiger partial charge in [0.2, 0.25) is 0 Å². The first kappa shape index (κ1) is 6.96. The van der Waals surface area contributed by atoms with Crippen molar-refractivity contribution in [3.05, 3.63) is 0 Å². The molecule has 54 valence electrons. The predicted molar refractivity (Wildman–Crippen MR) is 30.9 cm³/mol. The summed E-state index contributed by atoms with van der Waals surface area (Å²) >= 11 is 0. The molecule has 0 aliphatic carbocycles. The smallest absolute Gasteiger partial charge is 0.128 e. The molecule has 1 rings (SSSR count). The number of hydrogen-bond donors (Lipinski definition) is 1. The lowest BCUT2D eigenvalue weighted by Gasteiger charge is -2.10. The Morgan fingerprint density at radius 3 is 2.67 bits per heavy atom. The summed E-state index contributed by atoms with van der Waals surface area (Å²) in [5.74, 6) is -0.144. The summed E-state index contributed by atoms with van der Waals surface area (Å²) in [6.45, 7) is 1.83. The molecule has 1 N–H and O–H groups in total. The normalized spacial score (nSPS) is 43.7. The highest BCUT2D eigenvalue weighted by atomic mass is 19.1. The molecule has 0 bridgehead atoms. The van der Waals surface area contributed by atoms with Gasteiger partial charge in [-0.3, -0.25) is 0 Å². The Hall–Kier alpha value is -0.150. The molecular formula is C6H11FO2. The summed E-state index contributed by atoms with van der Waals surface area (Å²) in [6, 6.07) is 0. The van der Waals surface area contributed by atoms with Crippen LogP contribution in [-0.4, -0.2) is 30.6 Å². The quantitative estimate of drug-likeness (QED) is 0.560. The summed E-state index contributed by atoms with van der Waals surface area (Å²) in [6.07, 6.45) is -1.16. The van der Waals surface area contributed by atoms with E-state index in [9.17, 15) is 4.39 Å². The molecule has 2 nitrogen and oxygen atoms in total. The summed E-state index contributed by atoms with van der Waals surface area (Å²) in [5, 5.41) is 8.56. The Morgan fingerprint density at radius 2 is 2.44 bits per heavy atom. The van der Waals surface area contributed by atoms with E-state index in [1.54, 1.807) is 6.92 Å². The summed E-state index contributed by atoms with van der Waals surface area (Å²) in [7, 11) is 0. The summed E-state index contributed by atoms with van der Waals surface area (Å²) in [4.78, 5) is 0. The zero-order valence-electron chi connectivity index (χ0n) is 5.38. The highest BCUT2D eigenvalue weighted by molar-refractivity contribution is 4.79. The standard InChI is InChI=1S/C6H11FO2/c1-4-5(7)3-9-6(4)2-8/h4-6,8H,2-3H2,1H3. The van der Waals surface area contributed by atoms with Gasteiger partial charge in [0.1, 0.15) is 6.17 Å². The van der Waals surface area contributed by atoms with Crippen LogP contribution in [-0.2, 0) is 4.74 Å². The fourth-order valence-electron chi connectivity index (χ4n) is 0.971. The first-order valence-corrected chi connectivity index (χ1v) is 3.12. The molecule has 3 unspecified atom stereocenters. The van der Waals surface area contributed by atoms with E-state index in [0.29, 0.717) is 0 Å². The topological polar surface area (TPSA) is 29.5 Å².